The number of anilines is 1. The summed E-state index contributed by atoms with van der Waals surface area (Å²) < 4.78 is 31.4. The van der Waals surface area contributed by atoms with Gasteiger partial charge in [-0.1, -0.05) is 0 Å². The maximum Gasteiger partial charge on any atom is 0.168 e. The lowest BCUT2D eigenvalue weighted by molar-refractivity contribution is 0.0625. The van der Waals surface area contributed by atoms with Crippen LogP contribution in [0.15, 0.2) is 12.3 Å². The number of hydrogen-bond donors (Lipinski definition) is 2. The lowest BCUT2D eigenvalue weighted by Gasteiger charge is -2.37. The lowest BCUT2D eigenvalue weighted by atomic mass is 9.90. The summed E-state index contributed by atoms with van der Waals surface area (Å²) >= 11 is 0. The summed E-state index contributed by atoms with van der Waals surface area (Å²) in [6.45, 7) is 1.51. The van der Waals surface area contributed by atoms with Crippen LogP contribution in [0.4, 0.5) is 14.6 Å². The first kappa shape index (κ1) is 12.2. The maximum absolute atomic E-state index is 13.5. The number of nitrogens with two attached hydrogens (primary N) is 1. The van der Waals surface area contributed by atoms with Crippen LogP contribution in [-0.2, 0) is 4.74 Å². The predicted octanol–water partition coefficient (Wildman–Crippen LogP) is 1.28. The van der Waals surface area contributed by atoms with Crippen LogP contribution in [0.25, 0.3) is 0 Å². The van der Waals surface area contributed by atoms with Crippen molar-refractivity contribution in [2.24, 2.45) is 5.73 Å². The van der Waals surface area contributed by atoms with Gasteiger partial charge in [0, 0.05) is 25.8 Å². The smallest absolute Gasteiger partial charge is 0.168 e. The van der Waals surface area contributed by atoms with E-state index in [0.717, 1.165) is 12.3 Å². The van der Waals surface area contributed by atoms with Crippen LogP contribution in [0, 0.1) is 11.6 Å². The van der Waals surface area contributed by atoms with E-state index in [1.165, 1.54) is 0 Å². The van der Waals surface area contributed by atoms with E-state index in [2.05, 4.69) is 10.3 Å². The van der Waals surface area contributed by atoms with Crippen LogP contribution >= 0.6 is 0 Å². The van der Waals surface area contributed by atoms with E-state index >= 15 is 0 Å². The molecule has 0 aromatic carbocycles. The van der Waals surface area contributed by atoms with Crippen molar-refractivity contribution in [2.75, 3.05) is 25.1 Å². The quantitative estimate of drug-likeness (QED) is 0.839. The van der Waals surface area contributed by atoms with Gasteiger partial charge in [-0.15, -0.1) is 0 Å². The molecule has 0 atom stereocenters. The van der Waals surface area contributed by atoms with Crippen molar-refractivity contribution in [2.45, 2.75) is 18.4 Å². The Morgan fingerprint density at radius 1 is 1.41 bits per heavy atom. The number of nitrogens with one attached hydrogen (secondary N) is 1. The molecule has 0 aliphatic carbocycles. The van der Waals surface area contributed by atoms with E-state index < -0.39 is 17.2 Å². The molecule has 1 saturated heterocycles. The maximum atomic E-state index is 13.5. The Labute approximate surface area is 98.2 Å². The molecular weight excluding hydrogens is 228 g/mol. The predicted molar refractivity (Wildman–Crippen MR) is 59.6 cm³/mol. The fourth-order valence-corrected chi connectivity index (χ4v) is 1.90. The summed E-state index contributed by atoms with van der Waals surface area (Å²) in [5.41, 5.74) is 5.31. The van der Waals surface area contributed by atoms with Crippen molar-refractivity contribution in [3.63, 3.8) is 0 Å². The summed E-state index contributed by atoms with van der Waals surface area (Å²) in [5, 5.41) is 2.98. The van der Waals surface area contributed by atoms with Gasteiger partial charge in [0.1, 0.15) is 5.82 Å². The fraction of sp³-hybridized carbons (Fsp3) is 0.545. The number of aromatic nitrogens is 1. The molecule has 4 nitrogen and oxygen atoms in total. The SMILES string of the molecule is NCC1(Nc2ncc(F)cc2F)CCOCC1. The molecule has 0 saturated carbocycles. The van der Waals surface area contributed by atoms with Gasteiger partial charge in [-0.3, -0.25) is 0 Å². The summed E-state index contributed by atoms with van der Waals surface area (Å²) in [6.07, 6.45) is 2.35. The van der Waals surface area contributed by atoms with Crippen molar-refractivity contribution in [3.05, 3.63) is 23.9 Å². The average molecular weight is 243 g/mol. The Morgan fingerprint density at radius 2 is 2.12 bits per heavy atom. The lowest BCUT2D eigenvalue weighted by Crippen LogP contribution is -2.50. The molecule has 17 heavy (non-hydrogen) atoms. The molecule has 3 N–H and O–H groups in total. The highest BCUT2D eigenvalue weighted by atomic mass is 19.1. The number of hydrogen-bond acceptors (Lipinski definition) is 4. The van der Waals surface area contributed by atoms with Crippen molar-refractivity contribution >= 4 is 5.82 Å². The Bertz CT molecular complexity index is 394. The molecule has 1 fully saturated rings. The Morgan fingerprint density at radius 3 is 2.71 bits per heavy atom. The van der Waals surface area contributed by atoms with Crippen LogP contribution in [-0.4, -0.2) is 30.3 Å². The molecule has 2 rings (SSSR count). The molecular formula is C11H15F2N3O. The first-order valence-corrected chi connectivity index (χ1v) is 5.52. The second-order valence-electron chi connectivity index (χ2n) is 4.21. The standard InChI is InChI=1S/C11H15F2N3O/c12-8-5-9(13)10(15-6-8)16-11(7-14)1-3-17-4-2-11/h5-6H,1-4,7,14H2,(H,15,16). The monoisotopic (exact) mass is 243 g/mol. The molecule has 1 aliphatic rings. The van der Waals surface area contributed by atoms with Gasteiger partial charge in [-0.05, 0) is 12.8 Å². The topological polar surface area (TPSA) is 60.2 Å². The van der Waals surface area contributed by atoms with Crippen LogP contribution in [0.5, 0.6) is 0 Å². The minimum absolute atomic E-state index is 0.0405. The van der Waals surface area contributed by atoms with Gasteiger partial charge < -0.3 is 15.8 Å². The second kappa shape index (κ2) is 4.93. The van der Waals surface area contributed by atoms with Gasteiger partial charge >= 0.3 is 0 Å². The third-order valence-electron chi connectivity index (χ3n) is 3.03. The van der Waals surface area contributed by atoms with E-state index in [4.69, 9.17) is 10.5 Å². The molecule has 0 spiro atoms. The first-order valence-electron chi connectivity index (χ1n) is 5.52. The number of halogens is 2. The largest absolute Gasteiger partial charge is 0.381 e. The number of ether oxygens (including phenoxy) is 1. The number of nitrogens with zero attached hydrogens (tertiary/aromatic N) is 1. The Hall–Kier alpha value is -1.27. The fourth-order valence-electron chi connectivity index (χ4n) is 1.90. The van der Waals surface area contributed by atoms with Crippen LogP contribution in [0.1, 0.15) is 12.8 Å². The van der Waals surface area contributed by atoms with Crippen LogP contribution < -0.4 is 11.1 Å². The van der Waals surface area contributed by atoms with Crippen molar-refractivity contribution in [1.82, 2.24) is 4.98 Å². The summed E-state index contributed by atoms with van der Waals surface area (Å²) in [5.74, 6) is -1.36. The van der Waals surface area contributed by atoms with Gasteiger partial charge in [0.05, 0.1) is 11.7 Å². The molecule has 2 heterocycles. The average Bonchev–Trinajstić information content (AvgIpc) is 2.34. The highest BCUT2D eigenvalue weighted by Gasteiger charge is 2.32. The molecule has 1 aromatic heterocycles. The van der Waals surface area contributed by atoms with E-state index in [9.17, 15) is 8.78 Å². The van der Waals surface area contributed by atoms with Gasteiger partial charge in [0.25, 0.3) is 0 Å². The first-order chi connectivity index (χ1) is 8.15. The third kappa shape index (κ3) is 2.70. The van der Waals surface area contributed by atoms with Crippen molar-refractivity contribution in [1.29, 1.82) is 0 Å². The molecule has 0 radical (unpaired) electrons. The molecule has 0 unspecified atom stereocenters. The zero-order chi connectivity index (χ0) is 12.3. The summed E-state index contributed by atoms with van der Waals surface area (Å²) in [6, 6.07) is 0.804. The molecule has 0 bridgehead atoms. The van der Waals surface area contributed by atoms with E-state index in [1.54, 1.807) is 0 Å². The highest BCUT2D eigenvalue weighted by Crippen LogP contribution is 2.25. The number of rotatable bonds is 3. The normalized spacial score (nSPS) is 19.0. The number of pyridine rings is 1. The van der Waals surface area contributed by atoms with Gasteiger partial charge in [0.2, 0.25) is 0 Å². The van der Waals surface area contributed by atoms with Crippen LogP contribution in [0.2, 0.25) is 0 Å². The van der Waals surface area contributed by atoms with Gasteiger partial charge in [-0.2, -0.15) is 0 Å². The van der Waals surface area contributed by atoms with E-state index in [0.29, 0.717) is 32.6 Å². The Kier molecular flexibility index (Phi) is 3.54. The summed E-state index contributed by atoms with van der Waals surface area (Å²) in [7, 11) is 0. The van der Waals surface area contributed by atoms with E-state index in [-0.39, 0.29) is 5.82 Å². The van der Waals surface area contributed by atoms with Gasteiger partial charge in [0.15, 0.2) is 11.6 Å². The van der Waals surface area contributed by atoms with Crippen LogP contribution in [0.3, 0.4) is 0 Å². The minimum Gasteiger partial charge on any atom is -0.381 e. The van der Waals surface area contributed by atoms with E-state index in [1.807, 2.05) is 0 Å². The van der Waals surface area contributed by atoms with Crippen molar-refractivity contribution < 1.29 is 13.5 Å². The zero-order valence-electron chi connectivity index (χ0n) is 9.38. The second-order valence-corrected chi connectivity index (χ2v) is 4.21. The van der Waals surface area contributed by atoms with Crippen molar-refractivity contribution in [3.8, 4) is 0 Å². The summed E-state index contributed by atoms with van der Waals surface area (Å²) in [4.78, 5) is 3.71. The molecule has 1 aliphatic heterocycles. The zero-order valence-corrected chi connectivity index (χ0v) is 9.38. The minimum atomic E-state index is -0.704. The van der Waals surface area contributed by atoms with Gasteiger partial charge in [-0.25, -0.2) is 13.8 Å². The molecule has 6 heteroatoms. The molecule has 94 valence electrons. The molecule has 1 aromatic rings. The third-order valence-corrected chi connectivity index (χ3v) is 3.03. The Balaban J connectivity index is 2.17. The highest BCUT2D eigenvalue weighted by molar-refractivity contribution is 5.39. The molecule has 0 amide bonds.